The second kappa shape index (κ2) is 8.33. The largest absolute Gasteiger partial charge is 0.463 e. The van der Waals surface area contributed by atoms with Crippen LogP contribution in [0.15, 0.2) is 11.8 Å². The lowest BCUT2D eigenvalue weighted by Gasteiger charge is -2.10. The zero-order valence-electron chi connectivity index (χ0n) is 10.1. The van der Waals surface area contributed by atoms with Gasteiger partial charge in [-0.25, -0.2) is 4.79 Å². The summed E-state index contributed by atoms with van der Waals surface area (Å²) in [6.07, 6.45) is 5.75. The van der Waals surface area contributed by atoms with Gasteiger partial charge in [0.15, 0.2) is 0 Å². The molecule has 0 amide bonds. The third kappa shape index (κ3) is 8.03. The van der Waals surface area contributed by atoms with Crippen molar-refractivity contribution in [3.8, 4) is 0 Å². The smallest absolute Gasteiger partial charge is 0.332 e. The number of unbranched alkanes of at least 4 members (excludes halogenated alkanes) is 1. The summed E-state index contributed by atoms with van der Waals surface area (Å²) in [5, 5.41) is 0. The number of carbonyl (C=O) groups excluding carboxylic acids is 1. The Kier molecular flexibility index (Phi) is 7.78. The van der Waals surface area contributed by atoms with Crippen molar-refractivity contribution in [3.63, 3.8) is 0 Å². The molecule has 0 aliphatic heterocycles. The summed E-state index contributed by atoms with van der Waals surface area (Å²) in [5.41, 5.74) is 6.36. The average molecular weight is 213 g/mol. The number of nitrogens with two attached hydrogens (primary N) is 1. The quantitative estimate of drug-likeness (QED) is 0.522. The number of esters is 1. The molecule has 15 heavy (non-hydrogen) atoms. The van der Waals surface area contributed by atoms with E-state index in [9.17, 15) is 4.79 Å². The fraction of sp³-hybridized carbons (Fsp3) is 0.750. The van der Waals surface area contributed by atoms with Crippen molar-refractivity contribution in [1.29, 1.82) is 0 Å². The predicted molar refractivity (Wildman–Crippen MR) is 62.2 cm³/mol. The highest BCUT2D eigenvalue weighted by molar-refractivity contribution is 5.82. The highest BCUT2D eigenvalue weighted by atomic mass is 16.5. The molecule has 0 aliphatic carbocycles. The van der Waals surface area contributed by atoms with Crippen molar-refractivity contribution in [1.82, 2.24) is 0 Å². The Bertz CT molecular complexity index is 212. The maximum absolute atomic E-state index is 11.1. The Labute approximate surface area is 92.7 Å². The second-order valence-corrected chi connectivity index (χ2v) is 3.92. The fourth-order valence-corrected chi connectivity index (χ4v) is 1.45. The van der Waals surface area contributed by atoms with Crippen LogP contribution in [0.2, 0.25) is 0 Å². The number of hydrogen-bond donors (Lipinski definition) is 1. The van der Waals surface area contributed by atoms with Crippen LogP contribution >= 0.6 is 0 Å². The minimum atomic E-state index is -0.335. The molecule has 0 aromatic rings. The van der Waals surface area contributed by atoms with Gasteiger partial charge >= 0.3 is 5.97 Å². The monoisotopic (exact) mass is 213 g/mol. The molecule has 2 N–H and O–H groups in total. The lowest BCUT2D eigenvalue weighted by molar-refractivity contribution is -0.137. The molecule has 3 nitrogen and oxygen atoms in total. The molecule has 0 aliphatic rings. The molecule has 88 valence electrons. The molecule has 0 aromatic heterocycles. The third-order valence-corrected chi connectivity index (χ3v) is 2.22. The minimum Gasteiger partial charge on any atom is -0.463 e. The molecule has 0 rings (SSSR count). The molecule has 0 saturated carbocycles. The van der Waals surface area contributed by atoms with Crippen LogP contribution in [0.1, 0.15) is 46.5 Å². The lowest BCUT2D eigenvalue weighted by atomic mass is 9.99. The molecule has 0 unspecified atom stereocenters. The average Bonchev–Trinajstić information content (AvgIpc) is 2.14. The number of hydrogen-bond acceptors (Lipinski definition) is 3. The number of ether oxygens (including phenoxy) is 1. The molecule has 0 heterocycles. The highest BCUT2D eigenvalue weighted by Crippen LogP contribution is 2.14. The van der Waals surface area contributed by atoms with Crippen LogP contribution in [0.4, 0.5) is 0 Å². The molecule has 0 fully saturated rings. The Morgan fingerprint density at radius 2 is 2.13 bits per heavy atom. The summed E-state index contributed by atoms with van der Waals surface area (Å²) >= 11 is 0. The zero-order valence-corrected chi connectivity index (χ0v) is 10.1. The van der Waals surface area contributed by atoms with E-state index in [1.54, 1.807) is 6.92 Å². The first-order chi connectivity index (χ1) is 7.10. The van der Waals surface area contributed by atoms with Gasteiger partial charge in [0, 0.05) is 11.8 Å². The summed E-state index contributed by atoms with van der Waals surface area (Å²) in [6, 6.07) is 0. The van der Waals surface area contributed by atoms with Gasteiger partial charge in [-0.15, -0.1) is 0 Å². The van der Waals surface area contributed by atoms with Gasteiger partial charge in [-0.05, 0) is 19.3 Å². The van der Waals surface area contributed by atoms with E-state index < -0.39 is 0 Å². The SMILES string of the molecule is CCCC[C@@H](C)CC(N)=CC(=O)OCC. The summed E-state index contributed by atoms with van der Waals surface area (Å²) in [7, 11) is 0. The normalized spacial score (nSPS) is 13.7. The van der Waals surface area contributed by atoms with E-state index in [-0.39, 0.29) is 5.97 Å². The van der Waals surface area contributed by atoms with Gasteiger partial charge in [0.2, 0.25) is 0 Å². The van der Waals surface area contributed by atoms with Crippen LogP contribution in [0.3, 0.4) is 0 Å². The predicted octanol–water partition coefficient (Wildman–Crippen LogP) is 2.61. The van der Waals surface area contributed by atoms with E-state index in [1.807, 2.05) is 0 Å². The van der Waals surface area contributed by atoms with Crippen molar-refractivity contribution >= 4 is 5.97 Å². The highest BCUT2D eigenvalue weighted by Gasteiger charge is 2.05. The van der Waals surface area contributed by atoms with Crippen molar-refractivity contribution in [3.05, 3.63) is 11.8 Å². The topological polar surface area (TPSA) is 52.3 Å². The van der Waals surface area contributed by atoms with Crippen LogP contribution in [0, 0.1) is 5.92 Å². The molecular formula is C12H23NO2. The Morgan fingerprint density at radius 3 is 2.67 bits per heavy atom. The fourth-order valence-electron chi connectivity index (χ4n) is 1.45. The van der Waals surface area contributed by atoms with Gasteiger partial charge in [-0.3, -0.25) is 0 Å². The van der Waals surface area contributed by atoms with Crippen molar-refractivity contribution in [2.45, 2.75) is 46.5 Å². The first-order valence-electron chi connectivity index (χ1n) is 5.72. The van der Waals surface area contributed by atoms with E-state index in [0.29, 0.717) is 18.2 Å². The second-order valence-electron chi connectivity index (χ2n) is 3.92. The summed E-state index contributed by atoms with van der Waals surface area (Å²) in [4.78, 5) is 11.1. The first-order valence-corrected chi connectivity index (χ1v) is 5.72. The van der Waals surface area contributed by atoms with Gasteiger partial charge in [-0.2, -0.15) is 0 Å². The van der Waals surface area contributed by atoms with Gasteiger partial charge in [0.1, 0.15) is 0 Å². The number of rotatable bonds is 7. The summed E-state index contributed by atoms with van der Waals surface area (Å²) < 4.78 is 4.78. The first kappa shape index (κ1) is 14.0. The van der Waals surface area contributed by atoms with Crippen molar-refractivity contribution in [2.24, 2.45) is 11.7 Å². The van der Waals surface area contributed by atoms with Crippen molar-refractivity contribution in [2.75, 3.05) is 6.61 Å². The van der Waals surface area contributed by atoms with E-state index in [1.165, 1.54) is 18.9 Å². The van der Waals surface area contributed by atoms with Crippen LogP contribution in [-0.4, -0.2) is 12.6 Å². The van der Waals surface area contributed by atoms with Crippen LogP contribution in [0.5, 0.6) is 0 Å². The molecule has 0 radical (unpaired) electrons. The molecule has 0 saturated heterocycles. The Morgan fingerprint density at radius 1 is 1.47 bits per heavy atom. The van der Waals surface area contributed by atoms with E-state index >= 15 is 0 Å². The Hall–Kier alpha value is -0.990. The van der Waals surface area contributed by atoms with E-state index in [0.717, 1.165) is 12.8 Å². The third-order valence-electron chi connectivity index (χ3n) is 2.22. The van der Waals surface area contributed by atoms with Gasteiger partial charge in [0.05, 0.1) is 6.61 Å². The minimum absolute atomic E-state index is 0.335. The van der Waals surface area contributed by atoms with Gasteiger partial charge in [0.25, 0.3) is 0 Å². The Balaban J connectivity index is 3.89. The summed E-state index contributed by atoms with van der Waals surface area (Å²) in [5.74, 6) is 0.202. The molecule has 3 heteroatoms. The molecular weight excluding hydrogens is 190 g/mol. The number of allylic oxidation sites excluding steroid dienone is 1. The molecule has 0 aromatic carbocycles. The van der Waals surface area contributed by atoms with E-state index in [2.05, 4.69) is 13.8 Å². The molecule has 0 spiro atoms. The molecule has 0 bridgehead atoms. The van der Waals surface area contributed by atoms with Gasteiger partial charge in [-0.1, -0.05) is 33.1 Å². The maximum atomic E-state index is 11.1. The van der Waals surface area contributed by atoms with Crippen molar-refractivity contribution < 1.29 is 9.53 Å². The van der Waals surface area contributed by atoms with Crippen LogP contribution in [0.25, 0.3) is 0 Å². The van der Waals surface area contributed by atoms with E-state index in [4.69, 9.17) is 10.5 Å². The zero-order chi connectivity index (χ0) is 11.7. The van der Waals surface area contributed by atoms with Gasteiger partial charge < -0.3 is 10.5 Å². The maximum Gasteiger partial charge on any atom is 0.332 e. The standard InChI is InChI=1S/C12H23NO2/c1-4-6-7-10(3)8-11(13)9-12(14)15-5-2/h9-10H,4-8,13H2,1-3H3/t10-/m1/s1. The van der Waals surface area contributed by atoms with Crippen LogP contribution < -0.4 is 5.73 Å². The molecule has 1 atom stereocenters. The van der Waals surface area contributed by atoms with Crippen LogP contribution in [-0.2, 0) is 9.53 Å². The number of carbonyl (C=O) groups is 1. The summed E-state index contributed by atoms with van der Waals surface area (Å²) in [6.45, 7) is 6.51. The lowest BCUT2D eigenvalue weighted by Crippen LogP contribution is -2.09.